The Balaban J connectivity index is 0.000000194. The molecule has 202 valence electrons. The van der Waals surface area contributed by atoms with Crippen LogP contribution in [0.4, 0.5) is 0 Å². The number of allylic oxidation sites excluding steroid dienone is 4. The first-order chi connectivity index (χ1) is 17.6. The Kier molecular flexibility index (Phi) is 10.4. The van der Waals surface area contributed by atoms with Crippen LogP contribution in [0.25, 0.3) is 11.1 Å². The monoisotopic (exact) mass is 600 g/mol. The molecule has 2 aromatic rings. The standard InChI is InChI=1S/C21H25.C9H15Si.C6H10.Zr/c1-20(2,3)16-9-7-14-11-15-8-10-17(21(4,5)6)13-19(15)18(14)12-16;1-8-5-6-9(7-8)10(2,3)4;1-2-4-6-5-3-1;/h7,9-10,12-13H,11H2,1-6H3;6-8H,1-4H3;1-5H2;/q2*-1;;+2. The summed E-state index contributed by atoms with van der Waals surface area (Å²) in [6.07, 6.45) is 16.2. The summed E-state index contributed by atoms with van der Waals surface area (Å²) in [4.78, 5) is 0. The van der Waals surface area contributed by atoms with Crippen molar-refractivity contribution in [2.24, 2.45) is 5.92 Å². The van der Waals surface area contributed by atoms with E-state index in [0.717, 1.165) is 6.42 Å². The molecule has 0 aliphatic heterocycles. The molecule has 2 heteroatoms. The molecular formula is C36H50SiZr. The van der Waals surface area contributed by atoms with Gasteiger partial charge in [-0.2, -0.15) is 35.4 Å². The molecule has 0 aromatic heterocycles. The molecule has 5 rings (SSSR count). The molecule has 38 heavy (non-hydrogen) atoms. The van der Waals surface area contributed by atoms with Crippen LogP contribution in [0, 0.1) is 18.1 Å². The minimum absolute atomic E-state index is 0.177. The summed E-state index contributed by atoms with van der Waals surface area (Å²) >= 11 is 1.69. The third-order valence-corrected chi connectivity index (χ3v) is 11.1. The number of rotatable bonds is 1. The molecule has 1 saturated carbocycles. The van der Waals surface area contributed by atoms with E-state index >= 15 is 0 Å². The zero-order valence-corrected chi connectivity index (χ0v) is 29.3. The molecule has 1 unspecified atom stereocenters. The molecule has 0 N–H and O–H groups in total. The second-order valence-electron chi connectivity index (χ2n) is 14.5. The van der Waals surface area contributed by atoms with E-state index in [1.807, 2.05) is 0 Å². The van der Waals surface area contributed by atoms with Crippen molar-refractivity contribution >= 4 is 11.3 Å². The van der Waals surface area contributed by atoms with Crippen molar-refractivity contribution < 1.29 is 24.2 Å². The minimum atomic E-state index is -1.02. The Morgan fingerprint density at radius 3 is 1.89 bits per heavy atom. The molecule has 0 nitrogen and oxygen atoms in total. The van der Waals surface area contributed by atoms with Gasteiger partial charge in [0.2, 0.25) is 0 Å². The van der Waals surface area contributed by atoms with Crippen LogP contribution in [0.15, 0.2) is 47.7 Å². The van der Waals surface area contributed by atoms with Gasteiger partial charge in [-0.05, 0) is 25.5 Å². The molecule has 2 aromatic carbocycles. The van der Waals surface area contributed by atoms with Crippen LogP contribution < -0.4 is 0 Å². The Morgan fingerprint density at radius 2 is 1.45 bits per heavy atom. The Labute approximate surface area is 250 Å². The normalized spacial score (nSPS) is 18.6. The molecule has 0 spiro atoms. The third-order valence-electron chi connectivity index (χ3n) is 7.78. The van der Waals surface area contributed by atoms with E-state index in [1.165, 1.54) is 65.5 Å². The SMILES string of the molecule is CC(C)(C)c1c[c-]c2c(c1)-c1cc(C(C)(C)C)ccc1C2.CC1[C-]=CC([Si](C)(C)C)=C1.[Zr+2]=[C]1CCCCC1. The second kappa shape index (κ2) is 12.6. The summed E-state index contributed by atoms with van der Waals surface area (Å²) in [6.45, 7) is 22.9. The van der Waals surface area contributed by atoms with Gasteiger partial charge in [-0.1, -0.05) is 109 Å². The Bertz CT molecular complexity index is 1120. The van der Waals surface area contributed by atoms with Gasteiger partial charge in [0, 0.05) is 0 Å². The number of benzene rings is 2. The van der Waals surface area contributed by atoms with Crippen LogP contribution in [0.1, 0.15) is 103 Å². The summed E-state index contributed by atoms with van der Waals surface area (Å²) < 4.78 is 1.80. The molecule has 3 aliphatic carbocycles. The fraction of sp³-hybridized carbons (Fsp3) is 0.528. The fourth-order valence-corrected chi connectivity index (χ4v) is 7.15. The molecule has 3 aliphatic rings. The van der Waals surface area contributed by atoms with Gasteiger partial charge in [0.15, 0.2) is 0 Å². The topological polar surface area (TPSA) is 0 Å². The maximum atomic E-state index is 3.53. The van der Waals surface area contributed by atoms with Crippen molar-refractivity contribution in [3.8, 4) is 11.1 Å². The third kappa shape index (κ3) is 8.69. The van der Waals surface area contributed by atoms with Crippen LogP contribution >= 0.6 is 0 Å². The molecular weight excluding hydrogens is 552 g/mol. The molecule has 0 radical (unpaired) electrons. The summed E-state index contributed by atoms with van der Waals surface area (Å²) in [7, 11) is -1.02. The van der Waals surface area contributed by atoms with Crippen molar-refractivity contribution in [3.05, 3.63) is 82.1 Å². The van der Waals surface area contributed by atoms with E-state index in [1.54, 1.807) is 32.6 Å². The van der Waals surface area contributed by atoms with Crippen LogP contribution in [0.2, 0.25) is 19.6 Å². The number of hydrogen-bond acceptors (Lipinski definition) is 0. The van der Waals surface area contributed by atoms with Crippen molar-refractivity contribution in [1.29, 1.82) is 0 Å². The molecule has 0 heterocycles. The van der Waals surface area contributed by atoms with Gasteiger partial charge in [-0.15, -0.1) is 5.56 Å². The van der Waals surface area contributed by atoms with Crippen LogP contribution in [0.5, 0.6) is 0 Å². The van der Waals surface area contributed by atoms with E-state index in [-0.39, 0.29) is 10.8 Å². The van der Waals surface area contributed by atoms with Gasteiger partial charge < -0.3 is 0 Å². The number of hydrogen-bond donors (Lipinski definition) is 0. The van der Waals surface area contributed by atoms with Crippen molar-refractivity contribution in [1.82, 2.24) is 0 Å². The fourth-order valence-electron chi connectivity index (χ4n) is 5.02. The quantitative estimate of drug-likeness (QED) is 0.192. The van der Waals surface area contributed by atoms with E-state index in [2.05, 4.69) is 123 Å². The van der Waals surface area contributed by atoms with E-state index in [9.17, 15) is 0 Å². The van der Waals surface area contributed by atoms with Crippen LogP contribution in [0.3, 0.4) is 0 Å². The van der Waals surface area contributed by atoms with Crippen LogP contribution in [-0.2, 0) is 41.5 Å². The van der Waals surface area contributed by atoms with Gasteiger partial charge >= 0.3 is 59.5 Å². The second-order valence-corrected chi connectivity index (χ2v) is 21.3. The zero-order chi connectivity index (χ0) is 28.3. The summed E-state index contributed by atoms with van der Waals surface area (Å²) in [5.74, 6) is 0.557. The summed E-state index contributed by atoms with van der Waals surface area (Å²) in [5, 5.41) is 1.56. The van der Waals surface area contributed by atoms with E-state index in [0.29, 0.717) is 5.92 Å². The number of fused-ring (bicyclic) bond motifs is 3. The molecule has 1 fully saturated rings. The van der Waals surface area contributed by atoms with Crippen molar-refractivity contribution in [2.75, 3.05) is 0 Å². The Hall–Kier alpha value is -1.11. The predicted molar refractivity (Wildman–Crippen MR) is 167 cm³/mol. The summed E-state index contributed by atoms with van der Waals surface area (Å²) in [6, 6.07) is 15.1. The van der Waals surface area contributed by atoms with Gasteiger partial charge in [0.1, 0.15) is 0 Å². The van der Waals surface area contributed by atoms with Gasteiger partial charge in [0.05, 0.1) is 0 Å². The first kappa shape index (κ1) is 31.4. The average Bonchev–Trinajstić information content (AvgIpc) is 3.42. The molecule has 1 atom stereocenters. The predicted octanol–water partition coefficient (Wildman–Crippen LogP) is 10.1. The van der Waals surface area contributed by atoms with Crippen molar-refractivity contribution in [3.63, 3.8) is 0 Å². The van der Waals surface area contributed by atoms with E-state index < -0.39 is 8.07 Å². The average molecular weight is 602 g/mol. The molecule has 0 amide bonds. The first-order valence-electron chi connectivity index (χ1n) is 14.6. The molecule has 0 saturated heterocycles. The Morgan fingerprint density at radius 1 is 0.842 bits per heavy atom. The van der Waals surface area contributed by atoms with Gasteiger partial charge in [0.25, 0.3) is 0 Å². The molecule has 0 bridgehead atoms. The van der Waals surface area contributed by atoms with Gasteiger partial charge in [-0.25, -0.2) is 11.3 Å². The van der Waals surface area contributed by atoms with Gasteiger partial charge in [-0.3, -0.25) is 6.08 Å². The van der Waals surface area contributed by atoms with Crippen LogP contribution in [-0.4, -0.2) is 11.3 Å². The van der Waals surface area contributed by atoms with Crippen molar-refractivity contribution in [2.45, 2.75) is 117 Å². The van der Waals surface area contributed by atoms with E-state index in [4.69, 9.17) is 0 Å². The summed E-state index contributed by atoms with van der Waals surface area (Å²) in [5.41, 5.74) is 8.76. The first-order valence-corrected chi connectivity index (χ1v) is 19.4. The maximum absolute atomic E-state index is 3.53. The zero-order valence-electron chi connectivity index (χ0n) is 25.9.